The molecule has 1 amide bonds. The third-order valence-corrected chi connectivity index (χ3v) is 7.26. The van der Waals surface area contributed by atoms with Crippen molar-refractivity contribution in [2.45, 2.75) is 70.7 Å². The van der Waals surface area contributed by atoms with Crippen molar-refractivity contribution >= 4 is 5.91 Å². The van der Waals surface area contributed by atoms with E-state index < -0.39 is 0 Å². The summed E-state index contributed by atoms with van der Waals surface area (Å²) in [6.45, 7) is 14.4. The second kappa shape index (κ2) is 8.74. The van der Waals surface area contributed by atoms with Crippen LogP contribution in [0.3, 0.4) is 0 Å². The van der Waals surface area contributed by atoms with Crippen molar-refractivity contribution in [2.24, 2.45) is 0 Å². The molecule has 1 atom stereocenters. The Morgan fingerprint density at radius 3 is 2.59 bits per heavy atom. The van der Waals surface area contributed by atoms with Crippen molar-refractivity contribution in [1.29, 1.82) is 0 Å². The van der Waals surface area contributed by atoms with Gasteiger partial charge in [0.1, 0.15) is 5.69 Å². The molecule has 3 aliphatic heterocycles. The molecule has 0 aromatic carbocycles. The van der Waals surface area contributed by atoms with E-state index in [9.17, 15) is 4.79 Å². The average Bonchev–Trinajstić information content (AvgIpc) is 3.23. The van der Waals surface area contributed by atoms with Crippen LogP contribution in [-0.4, -0.2) is 93.9 Å². The predicted molar refractivity (Wildman–Crippen MR) is 113 cm³/mol. The number of hydrogen-bond acceptors (Lipinski definition) is 5. The molecule has 3 aliphatic rings. The lowest BCUT2D eigenvalue weighted by atomic mass is 9.81. The number of nitrogens with zero attached hydrogens (tertiary/aromatic N) is 5. The monoisotopic (exact) mass is 403 g/mol. The third kappa shape index (κ3) is 4.37. The van der Waals surface area contributed by atoms with Crippen LogP contribution in [0.4, 0.5) is 0 Å². The predicted octanol–water partition coefficient (Wildman–Crippen LogP) is 2.08. The van der Waals surface area contributed by atoms with Gasteiger partial charge in [-0.1, -0.05) is 0 Å². The molecule has 0 saturated carbocycles. The van der Waals surface area contributed by atoms with Crippen LogP contribution in [0.1, 0.15) is 56.9 Å². The highest BCUT2D eigenvalue weighted by Crippen LogP contribution is 2.37. The van der Waals surface area contributed by atoms with Gasteiger partial charge in [-0.15, -0.1) is 0 Å². The van der Waals surface area contributed by atoms with Gasteiger partial charge in [-0.25, -0.2) is 0 Å². The topological polar surface area (TPSA) is 53.8 Å². The minimum Gasteiger partial charge on any atom is -0.375 e. The van der Waals surface area contributed by atoms with Crippen LogP contribution in [0.5, 0.6) is 0 Å². The number of aromatic nitrogens is 2. The third-order valence-electron chi connectivity index (χ3n) is 7.26. The van der Waals surface area contributed by atoms with Gasteiger partial charge in [-0.05, 0) is 52.5 Å². The van der Waals surface area contributed by atoms with Crippen LogP contribution in [0, 0.1) is 0 Å². The normalized spacial score (nSPS) is 26.3. The zero-order chi connectivity index (χ0) is 20.4. The molecule has 1 aromatic heterocycles. The first-order valence-corrected chi connectivity index (χ1v) is 11.4. The molecule has 0 radical (unpaired) electrons. The molecule has 4 rings (SSSR count). The molecule has 29 heavy (non-hydrogen) atoms. The summed E-state index contributed by atoms with van der Waals surface area (Å²) in [7, 11) is 0. The molecule has 1 aromatic rings. The fourth-order valence-corrected chi connectivity index (χ4v) is 5.33. The van der Waals surface area contributed by atoms with E-state index >= 15 is 0 Å². The van der Waals surface area contributed by atoms with Crippen LogP contribution in [0.2, 0.25) is 0 Å². The van der Waals surface area contributed by atoms with E-state index in [-0.39, 0.29) is 11.5 Å². The van der Waals surface area contributed by atoms with Gasteiger partial charge in [0.25, 0.3) is 5.91 Å². The molecule has 7 nitrogen and oxygen atoms in total. The number of piperazine rings is 1. The Hall–Kier alpha value is -1.44. The molecule has 0 aliphatic carbocycles. The van der Waals surface area contributed by atoms with Crippen molar-refractivity contribution in [1.82, 2.24) is 24.5 Å². The van der Waals surface area contributed by atoms with E-state index in [1.807, 2.05) is 17.9 Å². The number of ether oxygens (including phenoxy) is 1. The van der Waals surface area contributed by atoms with Gasteiger partial charge in [-0.2, -0.15) is 5.10 Å². The van der Waals surface area contributed by atoms with E-state index in [1.165, 1.54) is 26.2 Å². The first-order chi connectivity index (χ1) is 14.0. The maximum atomic E-state index is 12.9. The van der Waals surface area contributed by atoms with Crippen LogP contribution in [-0.2, 0) is 11.3 Å². The number of carbonyl (C=O) groups is 1. The quantitative estimate of drug-likeness (QED) is 0.771. The summed E-state index contributed by atoms with van der Waals surface area (Å²) in [5, 5.41) is 4.25. The van der Waals surface area contributed by atoms with Crippen LogP contribution in [0.25, 0.3) is 0 Å². The summed E-state index contributed by atoms with van der Waals surface area (Å²) in [6, 6.07) is 3.10. The summed E-state index contributed by atoms with van der Waals surface area (Å²) in [5.74, 6) is 0.108. The number of piperidine rings is 1. The Morgan fingerprint density at radius 1 is 1.21 bits per heavy atom. The van der Waals surface area contributed by atoms with Crippen molar-refractivity contribution in [3.63, 3.8) is 0 Å². The highest BCUT2D eigenvalue weighted by atomic mass is 16.5. The molecule has 0 bridgehead atoms. The van der Waals surface area contributed by atoms with Crippen molar-refractivity contribution in [3.8, 4) is 0 Å². The smallest absolute Gasteiger partial charge is 0.272 e. The van der Waals surface area contributed by atoms with E-state index in [2.05, 4.69) is 28.7 Å². The molecule has 4 heterocycles. The number of rotatable bonds is 4. The maximum absolute atomic E-state index is 12.9. The SMILES string of the molecule is CCn1nccc1C(=O)N1CCC2(CC1)CC(N1CCN(C(C)C)CC1)CCO2. The molecule has 162 valence electrons. The van der Waals surface area contributed by atoms with E-state index in [4.69, 9.17) is 4.74 Å². The standard InChI is InChI=1S/C22H37N5O2/c1-4-27-20(5-9-23-27)21(28)26-10-7-22(8-11-26)17-19(6-16-29-22)25-14-12-24(13-15-25)18(2)3/h5,9,18-19H,4,6-8,10-17H2,1-3H3. The zero-order valence-corrected chi connectivity index (χ0v) is 18.3. The molecular formula is C22H37N5O2. The van der Waals surface area contributed by atoms with Crippen LogP contribution in [0.15, 0.2) is 12.3 Å². The minimum absolute atomic E-state index is 0.0418. The molecule has 3 saturated heterocycles. The van der Waals surface area contributed by atoms with E-state index in [1.54, 1.807) is 10.9 Å². The van der Waals surface area contributed by atoms with Gasteiger partial charge < -0.3 is 9.64 Å². The Morgan fingerprint density at radius 2 is 1.93 bits per heavy atom. The molecule has 1 unspecified atom stereocenters. The highest BCUT2D eigenvalue weighted by Gasteiger charge is 2.43. The molecule has 3 fully saturated rings. The lowest BCUT2D eigenvalue weighted by Crippen LogP contribution is -2.58. The van der Waals surface area contributed by atoms with Gasteiger partial charge >= 0.3 is 0 Å². The Bertz CT molecular complexity index is 687. The van der Waals surface area contributed by atoms with Crippen molar-refractivity contribution in [2.75, 3.05) is 45.9 Å². The van der Waals surface area contributed by atoms with Gasteiger partial charge in [0.15, 0.2) is 0 Å². The molecule has 7 heteroatoms. The summed E-state index contributed by atoms with van der Waals surface area (Å²) in [4.78, 5) is 20.2. The average molecular weight is 404 g/mol. The maximum Gasteiger partial charge on any atom is 0.272 e. The summed E-state index contributed by atoms with van der Waals surface area (Å²) in [6.07, 6.45) is 5.87. The minimum atomic E-state index is -0.0418. The fraction of sp³-hybridized carbons (Fsp3) is 0.818. The molecule has 0 N–H and O–H groups in total. The highest BCUT2D eigenvalue weighted by molar-refractivity contribution is 5.92. The number of likely N-dealkylation sites (tertiary alicyclic amines) is 1. The lowest BCUT2D eigenvalue weighted by Gasteiger charge is -2.50. The van der Waals surface area contributed by atoms with Gasteiger partial charge in [0.05, 0.1) is 5.60 Å². The largest absolute Gasteiger partial charge is 0.375 e. The van der Waals surface area contributed by atoms with Gasteiger partial charge in [0, 0.05) is 70.7 Å². The van der Waals surface area contributed by atoms with Crippen molar-refractivity contribution in [3.05, 3.63) is 18.0 Å². The van der Waals surface area contributed by atoms with Gasteiger partial charge in [-0.3, -0.25) is 19.3 Å². The van der Waals surface area contributed by atoms with E-state index in [0.29, 0.717) is 17.8 Å². The first-order valence-electron chi connectivity index (χ1n) is 11.4. The molecular weight excluding hydrogens is 366 g/mol. The second-order valence-corrected chi connectivity index (χ2v) is 9.17. The Labute approximate surface area is 175 Å². The molecule has 1 spiro atoms. The zero-order valence-electron chi connectivity index (χ0n) is 18.3. The van der Waals surface area contributed by atoms with Crippen LogP contribution < -0.4 is 0 Å². The number of amides is 1. The number of hydrogen-bond donors (Lipinski definition) is 0. The Kier molecular flexibility index (Phi) is 6.27. The van der Waals surface area contributed by atoms with Gasteiger partial charge in [0.2, 0.25) is 0 Å². The first kappa shape index (κ1) is 20.8. The Balaban J connectivity index is 1.33. The number of aryl methyl sites for hydroxylation is 1. The summed E-state index contributed by atoms with van der Waals surface area (Å²) >= 11 is 0. The summed E-state index contributed by atoms with van der Waals surface area (Å²) in [5.41, 5.74) is 0.661. The summed E-state index contributed by atoms with van der Waals surface area (Å²) < 4.78 is 8.15. The van der Waals surface area contributed by atoms with Crippen molar-refractivity contribution < 1.29 is 9.53 Å². The second-order valence-electron chi connectivity index (χ2n) is 9.17. The number of carbonyl (C=O) groups excluding carboxylic acids is 1. The van der Waals surface area contributed by atoms with E-state index in [0.717, 1.165) is 51.9 Å². The lowest BCUT2D eigenvalue weighted by molar-refractivity contribution is -0.133. The fourth-order valence-electron chi connectivity index (χ4n) is 5.33. The van der Waals surface area contributed by atoms with Crippen LogP contribution >= 0.6 is 0 Å².